The van der Waals surface area contributed by atoms with E-state index in [1.54, 1.807) is 6.26 Å². The summed E-state index contributed by atoms with van der Waals surface area (Å²) in [6, 6.07) is 0. The molecule has 0 bridgehead atoms. The van der Waals surface area contributed by atoms with Crippen molar-refractivity contribution in [2.75, 3.05) is 0 Å². The quantitative estimate of drug-likeness (QED) is 0.536. The Labute approximate surface area is 68.2 Å². The molecule has 0 fully saturated rings. The van der Waals surface area contributed by atoms with Gasteiger partial charge in [-0.3, -0.25) is 0 Å². The van der Waals surface area contributed by atoms with Crippen molar-refractivity contribution >= 4 is 0 Å². The first kappa shape index (κ1) is 8.44. The number of hydrogen-bond acceptors (Lipinski definition) is 2. The molecule has 1 aliphatic rings. The van der Waals surface area contributed by atoms with Crippen LogP contribution in [0.25, 0.3) is 0 Å². The molecule has 0 atom stereocenters. The Morgan fingerprint density at radius 1 is 1.09 bits per heavy atom. The highest BCUT2D eigenvalue weighted by Gasteiger charge is 2.43. The molecule has 1 heterocycles. The third kappa shape index (κ3) is 1.35. The van der Waals surface area contributed by atoms with Gasteiger partial charge < -0.3 is 9.47 Å². The molecule has 2 heteroatoms. The number of ether oxygens (including phenoxy) is 2. The van der Waals surface area contributed by atoms with E-state index >= 15 is 0 Å². The van der Waals surface area contributed by atoms with Gasteiger partial charge in [0.15, 0.2) is 0 Å². The fourth-order valence-corrected chi connectivity index (χ4v) is 0.922. The molecule has 1 aliphatic heterocycles. The minimum absolute atomic E-state index is 0.244. The van der Waals surface area contributed by atoms with Crippen LogP contribution in [0.15, 0.2) is 12.0 Å². The maximum atomic E-state index is 5.62. The van der Waals surface area contributed by atoms with Gasteiger partial charge in [-0.05, 0) is 34.6 Å². The van der Waals surface area contributed by atoms with E-state index in [9.17, 15) is 0 Å². The van der Waals surface area contributed by atoms with Gasteiger partial charge in [0.25, 0.3) is 0 Å². The second-order valence-electron chi connectivity index (χ2n) is 3.97. The summed E-state index contributed by atoms with van der Waals surface area (Å²) in [7, 11) is 0. The molecule has 0 aliphatic carbocycles. The summed E-state index contributed by atoms with van der Waals surface area (Å²) >= 11 is 0. The predicted octanol–water partition coefficient (Wildman–Crippen LogP) is 2.45. The normalized spacial score (nSPS) is 26.5. The van der Waals surface area contributed by atoms with Crippen LogP contribution in [0.3, 0.4) is 0 Å². The van der Waals surface area contributed by atoms with Crippen LogP contribution in [-0.2, 0) is 9.47 Å². The van der Waals surface area contributed by atoms with Crippen LogP contribution >= 0.6 is 0 Å². The first-order valence-electron chi connectivity index (χ1n) is 3.89. The van der Waals surface area contributed by atoms with E-state index < -0.39 is 0 Å². The van der Waals surface area contributed by atoms with Gasteiger partial charge in [-0.25, -0.2) is 0 Å². The lowest BCUT2D eigenvalue weighted by Gasteiger charge is -2.43. The van der Waals surface area contributed by atoms with Crippen LogP contribution in [-0.4, -0.2) is 11.2 Å². The molecular weight excluding hydrogens is 140 g/mol. The van der Waals surface area contributed by atoms with E-state index in [2.05, 4.69) is 0 Å². The smallest absolute Gasteiger partial charge is 0.142 e. The molecule has 0 saturated heterocycles. The maximum absolute atomic E-state index is 5.62. The van der Waals surface area contributed by atoms with Gasteiger partial charge in [0.05, 0.1) is 0 Å². The van der Waals surface area contributed by atoms with Crippen molar-refractivity contribution in [2.45, 2.75) is 45.8 Å². The summed E-state index contributed by atoms with van der Waals surface area (Å²) in [6.45, 7) is 10.0. The van der Waals surface area contributed by atoms with E-state index in [1.807, 2.05) is 34.6 Å². The van der Waals surface area contributed by atoms with E-state index in [1.165, 1.54) is 0 Å². The van der Waals surface area contributed by atoms with E-state index in [4.69, 9.17) is 9.47 Å². The van der Waals surface area contributed by atoms with Gasteiger partial charge in [-0.1, -0.05) is 0 Å². The second kappa shape index (κ2) is 2.16. The molecule has 11 heavy (non-hydrogen) atoms. The molecule has 1 rings (SSSR count). The highest BCUT2D eigenvalue weighted by molar-refractivity contribution is 5.01. The predicted molar refractivity (Wildman–Crippen MR) is 44.1 cm³/mol. The average molecular weight is 156 g/mol. The molecule has 0 N–H and O–H groups in total. The number of rotatable bonds is 0. The van der Waals surface area contributed by atoms with Gasteiger partial charge in [0, 0.05) is 0 Å². The van der Waals surface area contributed by atoms with Crippen molar-refractivity contribution in [3.63, 3.8) is 0 Å². The number of allylic oxidation sites excluding steroid dienone is 1. The van der Waals surface area contributed by atoms with Crippen LogP contribution in [0.5, 0.6) is 0 Å². The lowest BCUT2D eigenvalue weighted by atomic mass is 9.88. The molecule has 0 spiro atoms. The van der Waals surface area contributed by atoms with Crippen molar-refractivity contribution in [1.29, 1.82) is 0 Å². The Morgan fingerprint density at radius 3 is 2.00 bits per heavy atom. The summed E-state index contributed by atoms with van der Waals surface area (Å²) in [5.41, 5.74) is -0.488. The summed E-state index contributed by atoms with van der Waals surface area (Å²) in [5, 5.41) is 0. The zero-order chi connectivity index (χ0) is 8.70. The van der Waals surface area contributed by atoms with E-state index in [0.717, 1.165) is 5.76 Å². The maximum Gasteiger partial charge on any atom is 0.142 e. The molecule has 0 aromatic rings. The molecule has 64 valence electrons. The van der Waals surface area contributed by atoms with Crippen molar-refractivity contribution in [2.24, 2.45) is 0 Å². The molecule has 0 unspecified atom stereocenters. The lowest BCUT2D eigenvalue weighted by Crippen LogP contribution is -2.50. The van der Waals surface area contributed by atoms with Crippen LogP contribution in [0.2, 0.25) is 0 Å². The fraction of sp³-hybridized carbons (Fsp3) is 0.778. The summed E-state index contributed by atoms with van der Waals surface area (Å²) < 4.78 is 11.1. The zero-order valence-corrected chi connectivity index (χ0v) is 7.89. The first-order chi connectivity index (χ1) is 4.85. The second-order valence-corrected chi connectivity index (χ2v) is 3.97. The van der Waals surface area contributed by atoms with Crippen molar-refractivity contribution in [3.05, 3.63) is 12.0 Å². The highest BCUT2D eigenvalue weighted by atomic mass is 16.6. The SMILES string of the molecule is CC1=COC(C)(C)C(C)(C)O1. The van der Waals surface area contributed by atoms with Crippen LogP contribution < -0.4 is 0 Å². The minimum Gasteiger partial charge on any atom is -0.488 e. The van der Waals surface area contributed by atoms with Crippen molar-refractivity contribution in [1.82, 2.24) is 0 Å². The molecule has 0 aromatic heterocycles. The molecule has 0 amide bonds. The standard InChI is InChI=1S/C9H16O2/c1-7-6-10-8(2,3)9(4,5)11-7/h6H,1-5H3. The molecule has 2 nitrogen and oxygen atoms in total. The largest absolute Gasteiger partial charge is 0.488 e. The molecule has 0 saturated carbocycles. The van der Waals surface area contributed by atoms with Crippen LogP contribution in [0, 0.1) is 0 Å². The lowest BCUT2D eigenvalue weighted by molar-refractivity contribution is -0.156. The van der Waals surface area contributed by atoms with Crippen LogP contribution in [0.4, 0.5) is 0 Å². The Bertz CT molecular complexity index is 190. The van der Waals surface area contributed by atoms with Gasteiger partial charge in [-0.15, -0.1) is 0 Å². The molecule has 0 aromatic carbocycles. The zero-order valence-electron chi connectivity index (χ0n) is 7.89. The average Bonchev–Trinajstić information content (AvgIpc) is 1.80. The van der Waals surface area contributed by atoms with E-state index in [-0.39, 0.29) is 11.2 Å². The monoisotopic (exact) mass is 156 g/mol. The Hall–Kier alpha value is -0.660. The Balaban J connectivity index is 2.89. The van der Waals surface area contributed by atoms with Crippen molar-refractivity contribution in [3.8, 4) is 0 Å². The van der Waals surface area contributed by atoms with E-state index in [0.29, 0.717) is 0 Å². The third-order valence-electron chi connectivity index (χ3n) is 2.39. The van der Waals surface area contributed by atoms with Crippen LogP contribution in [0.1, 0.15) is 34.6 Å². The summed E-state index contributed by atoms with van der Waals surface area (Å²) in [4.78, 5) is 0. The van der Waals surface area contributed by atoms with Crippen molar-refractivity contribution < 1.29 is 9.47 Å². The highest BCUT2D eigenvalue weighted by Crippen LogP contribution is 2.34. The molecule has 0 radical (unpaired) electrons. The third-order valence-corrected chi connectivity index (χ3v) is 2.39. The fourth-order valence-electron chi connectivity index (χ4n) is 0.922. The van der Waals surface area contributed by atoms with Gasteiger partial charge >= 0.3 is 0 Å². The summed E-state index contributed by atoms with van der Waals surface area (Å²) in [6.07, 6.45) is 1.67. The minimum atomic E-state index is -0.244. The molecular formula is C9H16O2. The Morgan fingerprint density at radius 2 is 1.64 bits per heavy atom. The topological polar surface area (TPSA) is 18.5 Å². The summed E-state index contributed by atoms with van der Waals surface area (Å²) in [5.74, 6) is 0.842. The number of hydrogen-bond donors (Lipinski definition) is 0. The van der Waals surface area contributed by atoms with Gasteiger partial charge in [-0.2, -0.15) is 0 Å². The van der Waals surface area contributed by atoms with Gasteiger partial charge in [0.2, 0.25) is 0 Å². The van der Waals surface area contributed by atoms with Gasteiger partial charge in [0.1, 0.15) is 23.2 Å². The Kier molecular flexibility index (Phi) is 1.66. The first-order valence-corrected chi connectivity index (χ1v) is 3.89.